The Morgan fingerprint density at radius 2 is 1.10 bits per heavy atom. The first kappa shape index (κ1) is 20.5. The van der Waals surface area contributed by atoms with Crippen molar-refractivity contribution in [1.29, 1.82) is 0 Å². The van der Waals surface area contributed by atoms with Gasteiger partial charge in [0.2, 0.25) is 0 Å². The molecule has 152 valence electrons. The van der Waals surface area contributed by atoms with E-state index in [2.05, 4.69) is 0 Å². The van der Waals surface area contributed by atoms with Crippen LogP contribution in [0.15, 0.2) is 72.8 Å². The molecule has 1 saturated heterocycles. The third-order valence-corrected chi connectivity index (χ3v) is 6.00. The summed E-state index contributed by atoms with van der Waals surface area (Å²) < 4.78 is 0. The maximum atomic E-state index is 12.9. The van der Waals surface area contributed by atoms with Crippen LogP contribution in [0.5, 0.6) is 0 Å². The van der Waals surface area contributed by atoms with Crippen molar-refractivity contribution in [2.24, 2.45) is 0 Å². The molecule has 0 aliphatic carbocycles. The zero-order valence-electron chi connectivity index (χ0n) is 16.2. The van der Waals surface area contributed by atoms with Crippen LogP contribution >= 0.6 is 23.2 Å². The molecule has 0 radical (unpaired) electrons. The molecular formula is C24H20Cl2N2O2. The Morgan fingerprint density at radius 1 is 0.600 bits per heavy atom. The van der Waals surface area contributed by atoms with Gasteiger partial charge in [-0.1, -0.05) is 65.7 Å². The highest BCUT2D eigenvalue weighted by molar-refractivity contribution is 6.42. The fraction of sp³-hybridized carbons (Fsp3) is 0.167. The van der Waals surface area contributed by atoms with Gasteiger partial charge in [0.1, 0.15) is 0 Å². The number of nitrogens with zero attached hydrogens (tertiary/aromatic N) is 2. The second-order valence-corrected chi connectivity index (χ2v) is 7.97. The number of hydrogen-bond acceptors (Lipinski definition) is 2. The van der Waals surface area contributed by atoms with Gasteiger partial charge in [0.25, 0.3) is 11.8 Å². The lowest BCUT2D eigenvalue weighted by atomic mass is 10.0. The van der Waals surface area contributed by atoms with Crippen LogP contribution in [0.25, 0.3) is 11.1 Å². The van der Waals surface area contributed by atoms with E-state index in [1.54, 1.807) is 28.0 Å². The SMILES string of the molecule is O=C(c1ccc(-c2ccccc2)cc1)N1CCN(C(=O)c2ccc(Cl)c(Cl)c2)CC1. The third kappa shape index (κ3) is 4.35. The number of benzene rings is 3. The van der Waals surface area contributed by atoms with E-state index < -0.39 is 0 Å². The quantitative estimate of drug-likeness (QED) is 0.559. The van der Waals surface area contributed by atoms with E-state index in [-0.39, 0.29) is 11.8 Å². The van der Waals surface area contributed by atoms with Crippen LogP contribution in [0.4, 0.5) is 0 Å². The molecule has 0 bridgehead atoms. The normalized spacial score (nSPS) is 13.9. The number of carbonyl (C=O) groups excluding carboxylic acids is 2. The van der Waals surface area contributed by atoms with Gasteiger partial charge in [0.15, 0.2) is 0 Å². The molecule has 30 heavy (non-hydrogen) atoms. The van der Waals surface area contributed by atoms with Crippen LogP contribution in [-0.2, 0) is 0 Å². The first-order chi connectivity index (χ1) is 14.5. The van der Waals surface area contributed by atoms with Crippen molar-refractivity contribution in [3.63, 3.8) is 0 Å². The second-order valence-electron chi connectivity index (χ2n) is 7.16. The Morgan fingerprint density at radius 3 is 1.67 bits per heavy atom. The molecule has 0 N–H and O–H groups in total. The summed E-state index contributed by atoms with van der Waals surface area (Å²) >= 11 is 12.0. The predicted molar refractivity (Wildman–Crippen MR) is 120 cm³/mol. The second kappa shape index (κ2) is 8.90. The summed E-state index contributed by atoms with van der Waals surface area (Å²) in [6.45, 7) is 1.94. The van der Waals surface area contributed by atoms with Crippen molar-refractivity contribution >= 4 is 35.0 Å². The average Bonchev–Trinajstić information content (AvgIpc) is 2.81. The highest BCUT2D eigenvalue weighted by Crippen LogP contribution is 2.24. The summed E-state index contributed by atoms with van der Waals surface area (Å²) in [5, 5.41) is 0.775. The summed E-state index contributed by atoms with van der Waals surface area (Å²) in [5.74, 6) is -0.121. The van der Waals surface area contributed by atoms with Crippen LogP contribution in [0, 0.1) is 0 Å². The lowest BCUT2D eigenvalue weighted by Gasteiger charge is -2.35. The van der Waals surface area contributed by atoms with Crippen molar-refractivity contribution in [2.45, 2.75) is 0 Å². The minimum atomic E-state index is -0.104. The van der Waals surface area contributed by atoms with Gasteiger partial charge in [0.05, 0.1) is 10.0 Å². The number of halogens is 2. The molecule has 1 fully saturated rings. The highest BCUT2D eigenvalue weighted by Gasteiger charge is 2.25. The standard InChI is InChI=1S/C24H20Cl2N2O2/c25-21-11-10-20(16-22(21)26)24(30)28-14-12-27(13-15-28)23(29)19-8-6-18(7-9-19)17-4-2-1-3-5-17/h1-11,16H,12-15H2. The minimum absolute atomic E-state index is 0.0174. The Kier molecular flexibility index (Phi) is 6.07. The molecule has 1 aliphatic heterocycles. The highest BCUT2D eigenvalue weighted by atomic mass is 35.5. The lowest BCUT2D eigenvalue weighted by molar-refractivity contribution is 0.0535. The number of amides is 2. The van der Waals surface area contributed by atoms with Gasteiger partial charge in [-0.15, -0.1) is 0 Å². The number of carbonyl (C=O) groups is 2. The van der Waals surface area contributed by atoms with E-state index in [1.165, 1.54) is 0 Å². The lowest BCUT2D eigenvalue weighted by Crippen LogP contribution is -2.50. The Balaban J connectivity index is 1.38. The maximum Gasteiger partial charge on any atom is 0.254 e. The van der Waals surface area contributed by atoms with E-state index in [4.69, 9.17) is 23.2 Å². The molecule has 0 saturated carbocycles. The minimum Gasteiger partial charge on any atom is -0.335 e. The smallest absolute Gasteiger partial charge is 0.254 e. The monoisotopic (exact) mass is 438 g/mol. The van der Waals surface area contributed by atoms with Gasteiger partial charge in [-0.05, 0) is 41.5 Å². The van der Waals surface area contributed by atoms with Crippen molar-refractivity contribution in [1.82, 2.24) is 9.80 Å². The largest absolute Gasteiger partial charge is 0.335 e. The van der Waals surface area contributed by atoms with Crippen molar-refractivity contribution in [3.05, 3.63) is 94.0 Å². The summed E-state index contributed by atoms with van der Waals surface area (Å²) in [6.07, 6.45) is 0. The summed E-state index contributed by atoms with van der Waals surface area (Å²) in [5.41, 5.74) is 3.34. The molecule has 1 aliphatic rings. The summed E-state index contributed by atoms with van der Waals surface area (Å²) in [7, 11) is 0. The molecule has 0 atom stereocenters. The van der Waals surface area contributed by atoms with Crippen LogP contribution in [0.3, 0.4) is 0 Å². The van der Waals surface area contributed by atoms with E-state index in [0.29, 0.717) is 47.4 Å². The van der Waals surface area contributed by atoms with Crippen molar-refractivity contribution in [2.75, 3.05) is 26.2 Å². The van der Waals surface area contributed by atoms with Gasteiger partial charge >= 0.3 is 0 Å². The van der Waals surface area contributed by atoms with Crippen LogP contribution in [0.2, 0.25) is 10.0 Å². The van der Waals surface area contributed by atoms with Gasteiger partial charge in [-0.25, -0.2) is 0 Å². The van der Waals surface area contributed by atoms with Crippen LogP contribution in [-0.4, -0.2) is 47.8 Å². The molecule has 3 aromatic carbocycles. The van der Waals surface area contributed by atoms with Crippen molar-refractivity contribution in [3.8, 4) is 11.1 Å². The molecule has 0 spiro atoms. The van der Waals surface area contributed by atoms with Gasteiger partial charge in [0, 0.05) is 37.3 Å². The zero-order chi connectivity index (χ0) is 21.1. The molecule has 3 aromatic rings. The first-order valence-corrected chi connectivity index (χ1v) is 10.5. The molecule has 6 heteroatoms. The topological polar surface area (TPSA) is 40.6 Å². The fourth-order valence-electron chi connectivity index (χ4n) is 3.54. The molecular weight excluding hydrogens is 419 g/mol. The van der Waals surface area contributed by atoms with Crippen LogP contribution in [0.1, 0.15) is 20.7 Å². The predicted octanol–water partition coefficient (Wildman–Crippen LogP) is 5.26. The van der Waals surface area contributed by atoms with Gasteiger partial charge in [-0.3, -0.25) is 9.59 Å². The molecule has 1 heterocycles. The average molecular weight is 439 g/mol. The molecule has 2 amide bonds. The Hall–Kier alpha value is -2.82. The van der Waals surface area contributed by atoms with E-state index in [9.17, 15) is 9.59 Å². The summed E-state index contributed by atoms with van der Waals surface area (Å²) in [6, 6.07) is 22.6. The maximum absolute atomic E-state index is 12.9. The van der Waals surface area contributed by atoms with Gasteiger partial charge < -0.3 is 9.80 Å². The molecule has 0 aromatic heterocycles. The number of hydrogen-bond donors (Lipinski definition) is 0. The third-order valence-electron chi connectivity index (χ3n) is 5.26. The zero-order valence-corrected chi connectivity index (χ0v) is 17.7. The first-order valence-electron chi connectivity index (χ1n) is 9.72. The number of piperazine rings is 1. The number of rotatable bonds is 3. The summed E-state index contributed by atoms with van der Waals surface area (Å²) in [4.78, 5) is 29.1. The van der Waals surface area contributed by atoms with E-state index >= 15 is 0 Å². The Labute approximate surface area is 185 Å². The molecule has 4 nitrogen and oxygen atoms in total. The van der Waals surface area contributed by atoms with Crippen molar-refractivity contribution < 1.29 is 9.59 Å². The molecule has 4 rings (SSSR count). The van der Waals surface area contributed by atoms with Gasteiger partial charge in [-0.2, -0.15) is 0 Å². The van der Waals surface area contributed by atoms with Crippen LogP contribution < -0.4 is 0 Å². The van der Waals surface area contributed by atoms with E-state index in [1.807, 2.05) is 54.6 Å². The van der Waals surface area contributed by atoms with E-state index in [0.717, 1.165) is 11.1 Å². The fourth-order valence-corrected chi connectivity index (χ4v) is 3.84. The molecule has 0 unspecified atom stereocenters. The Bertz CT molecular complexity index is 1060.